The lowest BCUT2D eigenvalue weighted by Gasteiger charge is -2.31. The number of nitrogens with zero attached hydrogens (tertiary/aromatic N) is 3. The Kier molecular flexibility index (Phi) is 6.96. The Bertz CT molecular complexity index is 1060. The molecular weight excluding hydrogens is 440 g/mol. The van der Waals surface area contributed by atoms with E-state index in [1.165, 1.54) is 11.8 Å². The number of morpholine rings is 1. The highest BCUT2D eigenvalue weighted by Gasteiger charge is 2.19. The topological polar surface area (TPSA) is 89.7 Å². The van der Waals surface area contributed by atoms with Crippen LogP contribution in [0.15, 0.2) is 52.1 Å². The summed E-state index contributed by atoms with van der Waals surface area (Å²) in [7, 11) is 1.59. The van der Waals surface area contributed by atoms with Gasteiger partial charge >= 0.3 is 0 Å². The molecule has 0 aliphatic carbocycles. The van der Waals surface area contributed by atoms with Crippen LogP contribution in [0.4, 0.5) is 11.4 Å². The number of para-hydroxylation sites is 1. The van der Waals surface area contributed by atoms with Gasteiger partial charge in [-0.25, -0.2) is 0 Å². The summed E-state index contributed by atoms with van der Waals surface area (Å²) in [6.07, 6.45) is 0. The van der Waals surface area contributed by atoms with E-state index in [1.54, 1.807) is 13.2 Å². The number of rotatable bonds is 7. The molecule has 1 amide bonds. The predicted octanol–water partition coefficient (Wildman–Crippen LogP) is 3.97. The van der Waals surface area contributed by atoms with Crippen LogP contribution < -0.4 is 15.0 Å². The standard InChI is InChI=1S/C21H21ClN4O4S/c1-28-15-5-2-4-14(12-15)20-24-25-21(30-20)31-13-18(27)23-17-7-3-6-16(22)19(17)26-8-10-29-11-9-26/h2-7,12H,8-11,13H2,1H3,(H,23,27). The van der Waals surface area contributed by atoms with E-state index in [2.05, 4.69) is 20.4 Å². The number of carbonyl (C=O) groups excluding carboxylic acids is 1. The Morgan fingerprint density at radius 3 is 2.84 bits per heavy atom. The SMILES string of the molecule is COc1cccc(-c2nnc(SCC(=O)Nc3cccc(Cl)c3N3CCOCC3)o2)c1. The molecule has 0 bridgehead atoms. The maximum Gasteiger partial charge on any atom is 0.277 e. The van der Waals surface area contributed by atoms with Gasteiger partial charge in [0, 0.05) is 18.7 Å². The summed E-state index contributed by atoms with van der Waals surface area (Å²) in [5, 5.41) is 11.9. The minimum Gasteiger partial charge on any atom is -0.497 e. The Labute approximate surface area is 188 Å². The first-order chi connectivity index (χ1) is 15.1. The average molecular weight is 461 g/mol. The third kappa shape index (κ3) is 5.30. The number of thioether (sulfide) groups is 1. The van der Waals surface area contributed by atoms with E-state index in [0.29, 0.717) is 40.8 Å². The van der Waals surface area contributed by atoms with Crippen molar-refractivity contribution in [1.82, 2.24) is 10.2 Å². The quantitative estimate of drug-likeness (QED) is 0.530. The minimum absolute atomic E-state index is 0.120. The molecule has 1 saturated heterocycles. The molecule has 0 atom stereocenters. The number of aromatic nitrogens is 2. The number of hydrogen-bond donors (Lipinski definition) is 1. The van der Waals surface area contributed by atoms with Crippen molar-refractivity contribution in [2.45, 2.75) is 5.22 Å². The number of amides is 1. The van der Waals surface area contributed by atoms with Crippen molar-refractivity contribution in [3.8, 4) is 17.2 Å². The van der Waals surface area contributed by atoms with Gasteiger partial charge in [-0.15, -0.1) is 10.2 Å². The first kappa shape index (κ1) is 21.5. The van der Waals surface area contributed by atoms with Crippen LogP contribution in [0.5, 0.6) is 5.75 Å². The first-order valence-electron chi connectivity index (χ1n) is 9.66. The molecule has 0 spiro atoms. The van der Waals surface area contributed by atoms with Gasteiger partial charge in [0.15, 0.2) is 0 Å². The van der Waals surface area contributed by atoms with Crippen molar-refractivity contribution in [2.24, 2.45) is 0 Å². The Balaban J connectivity index is 1.39. The molecule has 1 N–H and O–H groups in total. The Morgan fingerprint density at radius 2 is 2.03 bits per heavy atom. The zero-order valence-electron chi connectivity index (χ0n) is 16.8. The molecule has 162 valence electrons. The normalized spacial score (nSPS) is 13.8. The second kappa shape index (κ2) is 10.0. The fourth-order valence-corrected chi connectivity index (χ4v) is 4.04. The highest BCUT2D eigenvalue weighted by Crippen LogP contribution is 2.34. The zero-order valence-corrected chi connectivity index (χ0v) is 18.4. The predicted molar refractivity (Wildman–Crippen MR) is 120 cm³/mol. The van der Waals surface area contributed by atoms with E-state index in [9.17, 15) is 4.79 Å². The van der Waals surface area contributed by atoms with E-state index in [1.807, 2.05) is 36.4 Å². The van der Waals surface area contributed by atoms with Crippen LogP contribution in [0.1, 0.15) is 0 Å². The third-order valence-corrected chi connectivity index (χ3v) is 5.76. The highest BCUT2D eigenvalue weighted by molar-refractivity contribution is 7.99. The smallest absolute Gasteiger partial charge is 0.277 e. The number of methoxy groups -OCH3 is 1. The van der Waals surface area contributed by atoms with E-state index in [-0.39, 0.29) is 11.7 Å². The summed E-state index contributed by atoms with van der Waals surface area (Å²) < 4.78 is 16.3. The van der Waals surface area contributed by atoms with Crippen LogP contribution in [-0.4, -0.2) is 55.3 Å². The van der Waals surface area contributed by atoms with E-state index in [0.717, 1.165) is 24.3 Å². The fraction of sp³-hybridized carbons (Fsp3) is 0.286. The van der Waals surface area contributed by atoms with Crippen LogP contribution in [0, 0.1) is 0 Å². The van der Waals surface area contributed by atoms with E-state index < -0.39 is 0 Å². The summed E-state index contributed by atoms with van der Waals surface area (Å²) >= 11 is 7.59. The van der Waals surface area contributed by atoms with Crippen molar-refractivity contribution >= 4 is 40.6 Å². The summed E-state index contributed by atoms with van der Waals surface area (Å²) in [6, 6.07) is 12.8. The lowest BCUT2D eigenvalue weighted by atomic mass is 10.2. The van der Waals surface area contributed by atoms with Crippen LogP contribution in [0.2, 0.25) is 5.02 Å². The molecule has 8 nitrogen and oxygen atoms in total. The summed E-state index contributed by atoms with van der Waals surface area (Å²) in [5.74, 6) is 0.991. The number of anilines is 2. The first-order valence-corrected chi connectivity index (χ1v) is 11.0. The number of ether oxygens (including phenoxy) is 2. The van der Waals surface area contributed by atoms with Gasteiger partial charge in [0.25, 0.3) is 5.22 Å². The molecule has 0 unspecified atom stereocenters. The molecule has 3 aromatic rings. The van der Waals surface area contributed by atoms with Crippen molar-refractivity contribution in [1.29, 1.82) is 0 Å². The minimum atomic E-state index is -0.192. The number of hydrogen-bond acceptors (Lipinski definition) is 8. The maximum absolute atomic E-state index is 12.6. The summed E-state index contributed by atoms with van der Waals surface area (Å²) in [5.41, 5.74) is 2.23. The van der Waals surface area contributed by atoms with Gasteiger partial charge < -0.3 is 24.1 Å². The van der Waals surface area contributed by atoms with Gasteiger partial charge in [0.05, 0.1) is 42.5 Å². The summed E-state index contributed by atoms with van der Waals surface area (Å²) in [6.45, 7) is 2.69. The van der Waals surface area contributed by atoms with Crippen LogP contribution >= 0.6 is 23.4 Å². The van der Waals surface area contributed by atoms with Gasteiger partial charge in [-0.3, -0.25) is 4.79 Å². The van der Waals surface area contributed by atoms with Crippen molar-refractivity contribution in [3.63, 3.8) is 0 Å². The van der Waals surface area contributed by atoms with Crippen LogP contribution in [0.25, 0.3) is 11.5 Å². The van der Waals surface area contributed by atoms with E-state index in [4.69, 9.17) is 25.5 Å². The lowest BCUT2D eigenvalue weighted by molar-refractivity contribution is -0.113. The monoisotopic (exact) mass is 460 g/mol. The number of halogens is 1. The largest absolute Gasteiger partial charge is 0.497 e. The molecule has 10 heteroatoms. The Morgan fingerprint density at radius 1 is 1.23 bits per heavy atom. The van der Waals surface area contributed by atoms with Crippen LogP contribution in [-0.2, 0) is 9.53 Å². The zero-order chi connectivity index (χ0) is 21.6. The molecular formula is C21H21ClN4O4S. The van der Waals surface area contributed by atoms with Gasteiger partial charge in [0.2, 0.25) is 11.8 Å². The van der Waals surface area contributed by atoms with Crippen molar-refractivity contribution in [3.05, 3.63) is 47.5 Å². The number of nitrogens with one attached hydrogen (secondary N) is 1. The third-order valence-electron chi connectivity index (χ3n) is 4.64. The second-order valence-corrected chi connectivity index (χ2v) is 8.01. The fourth-order valence-electron chi connectivity index (χ4n) is 3.18. The number of benzene rings is 2. The maximum atomic E-state index is 12.6. The van der Waals surface area contributed by atoms with Gasteiger partial charge in [0.1, 0.15) is 5.75 Å². The molecule has 4 rings (SSSR count). The molecule has 1 aliphatic rings. The van der Waals surface area contributed by atoms with Crippen LogP contribution in [0.3, 0.4) is 0 Å². The molecule has 0 saturated carbocycles. The Hall–Kier alpha value is -2.75. The van der Waals surface area contributed by atoms with Crippen molar-refractivity contribution in [2.75, 3.05) is 49.4 Å². The average Bonchev–Trinajstić information content (AvgIpc) is 3.28. The highest BCUT2D eigenvalue weighted by atomic mass is 35.5. The number of carbonyl (C=O) groups is 1. The van der Waals surface area contributed by atoms with Gasteiger partial charge in [-0.05, 0) is 30.3 Å². The molecule has 1 aliphatic heterocycles. The molecule has 1 fully saturated rings. The summed E-state index contributed by atoms with van der Waals surface area (Å²) in [4.78, 5) is 14.7. The lowest BCUT2D eigenvalue weighted by Crippen LogP contribution is -2.37. The van der Waals surface area contributed by atoms with Crippen molar-refractivity contribution < 1.29 is 18.7 Å². The molecule has 2 aromatic carbocycles. The molecule has 0 radical (unpaired) electrons. The molecule has 2 heterocycles. The molecule has 31 heavy (non-hydrogen) atoms. The van der Waals surface area contributed by atoms with Gasteiger partial charge in [-0.2, -0.15) is 0 Å². The van der Waals surface area contributed by atoms with Gasteiger partial charge in [-0.1, -0.05) is 35.5 Å². The second-order valence-electron chi connectivity index (χ2n) is 6.68. The van der Waals surface area contributed by atoms with E-state index >= 15 is 0 Å². The molecule has 1 aromatic heterocycles.